The Hall–Kier alpha value is -0.490. The molecule has 1 atom stereocenters. The summed E-state index contributed by atoms with van der Waals surface area (Å²) in [5, 5.41) is 2.38. The van der Waals surface area contributed by atoms with E-state index in [1.165, 1.54) is 0 Å². The minimum absolute atomic E-state index is 0. The second-order valence-corrected chi connectivity index (χ2v) is 4.24. The van der Waals surface area contributed by atoms with Crippen molar-refractivity contribution >= 4 is 18.3 Å². The SMILES string of the molecule is CC(CN)(NC(=O)CC(F)(F)F)C1CC1.Cl. The van der Waals surface area contributed by atoms with Crippen molar-refractivity contribution in [3.05, 3.63) is 0 Å². The molecule has 1 amide bonds. The standard InChI is InChI=1S/C9H15F3N2O.ClH/c1-8(5-13,6-2-3-6)14-7(15)4-9(10,11)12;/h6H,2-5,13H2,1H3,(H,14,15);1H. The quantitative estimate of drug-likeness (QED) is 0.807. The van der Waals surface area contributed by atoms with Gasteiger partial charge in [-0.05, 0) is 25.7 Å². The molecule has 7 heteroatoms. The van der Waals surface area contributed by atoms with Crippen LogP contribution in [0.5, 0.6) is 0 Å². The summed E-state index contributed by atoms with van der Waals surface area (Å²) in [6.07, 6.45) is -4.06. The summed E-state index contributed by atoms with van der Waals surface area (Å²) in [4.78, 5) is 11.1. The zero-order valence-electron chi connectivity index (χ0n) is 8.93. The Kier molecular flexibility index (Phi) is 5.07. The summed E-state index contributed by atoms with van der Waals surface area (Å²) in [7, 11) is 0. The van der Waals surface area contributed by atoms with E-state index >= 15 is 0 Å². The van der Waals surface area contributed by atoms with E-state index in [2.05, 4.69) is 5.32 Å². The Balaban J connectivity index is 0.00000225. The van der Waals surface area contributed by atoms with Gasteiger partial charge in [0.25, 0.3) is 0 Å². The van der Waals surface area contributed by atoms with Crippen molar-refractivity contribution in [1.29, 1.82) is 0 Å². The predicted molar refractivity (Wildman–Crippen MR) is 56.2 cm³/mol. The molecular formula is C9H16ClF3N2O. The highest BCUT2D eigenvalue weighted by Crippen LogP contribution is 2.39. The molecular weight excluding hydrogens is 245 g/mol. The van der Waals surface area contributed by atoms with E-state index < -0.39 is 24.0 Å². The summed E-state index contributed by atoms with van der Waals surface area (Å²) in [5.41, 5.74) is 4.79. The lowest BCUT2D eigenvalue weighted by Gasteiger charge is -2.29. The molecule has 3 nitrogen and oxygen atoms in total. The molecule has 0 radical (unpaired) electrons. The molecule has 0 spiro atoms. The van der Waals surface area contributed by atoms with Crippen LogP contribution in [-0.2, 0) is 4.79 Å². The van der Waals surface area contributed by atoms with E-state index in [1.54, 1.807) is 6.92 Å². The van der Waals surface area contributed by atoms with E-state index in [1.807, 2.05) is 0 Å². The van der Waals surface area contributed by atoms with Crippen molar-refractivity contribution in [2.75, 3.05) is 6.54 Å². The van der Waals surface area contributed by atoms with Crippen LogP contribution >= 0.6 is 12.4 Å². The van der Waals surface area contributed by atoms with E-state index in [4.69, 9.17) is 5.73 Å². The number of alkyl halides is 3. The molecule has 0 aliphatic heterocycles. The molecule has 0 aromatic heterocycles. The number of carbonyl (C=O) groups is 1. The summed E-state index contributed by atoms with van der Waals surface area (Å²) in [5.74, 6) is -0.776. The van der Waals surface area contributed by atoms with Crippen molar-refractivity contribution in [3.63, 3.8) is 0 Å². The van der Waals surface area contributed by atoms with Gasteiger partial charge in [-0.15, -0.1) is 12.4 Å². The Morgan fingerprint density at radius 3 is 2.25 bits per heavy atom. The molecule has 3 N–H and O–H groups in total. The van der Waals surface area contributed by atoms with Crippen LogP contribution in [0.2, 0.25) is 0 Å². The monoisotopic (exact) mass is 260 g/mol. The van der Waals surface area contributed by atoms with Gasteiger partial charge in [-0.2, -0.15) is 13.2 Å². The fourth-order valence-corrected chi connectivity index (χ4v) is 1.58. The first-order valence-electron chi connectivity index (χ1n) is 4.85. The minimum atomic E-state index is -4.46. The summed E-state index contributed by atoms with van der Waals surface area (Å²) in [6.45, 7) is 1.86. The van der Waals surface area contributed by atoms with E-state index in [0.717, 1.165) is 12.8 Å². The lowest BCUT2D eigenvalue weighted by Crippen LogP contribution is -2.53. The Bertz CT molecular complexity index is 256. The molecule has 1 rings (SSSR count). The lowest BCUT2D eigenvalue weighted by atomic mass is 9.96. The van der Waals surface area contributed by atoms with Crippen LogP contribution in [0, 0.1) is 5.92 Å². The smallest absolute Gasteiger partial charge is 0.349 e. The van der Waals surface area contributed by atoms with Crippen LogP contribution in [0.3, 0.4) is 0 Å². The van der Waals surface area contributed by atoms with Gasteiger partial charge in [0.2, 0.25) is 5.91 Å². The number of hydrogen-bond donors (Lipinski definition) is 2. The first-order chi connectivity index (χ1) is 6.77. The zero-order valence-corrected chi connectivity index (χ0v) is 9.75. The fourth-order valence-electron chi connectivity index (χ4n) is 1.58. The molecule has 0 aromatic carbocycles. The Morgan fingerprint density at radius 1 is 1.44 bits per heavy atom. The second-order valence-electron chi connectivity index (χ2n) is 4.24. The summed E-state index contributed by atoms with van der Waals surface area (Å²) < 4.78 is 35.7. The van der Waals surface area contributed by atoms with Gasteiger partial charge in [-0.3, -0.25) is 4.79 Å². The van der Waals surface area contributed by atoms with Crippen molar-refractivity contribution in [2.24, 2.45) is 11.7 Å². The average molecular weight is 261 g/mol. The number of rotatable bonds is 4. The van der Waals surface area contributed by atoms with Gasteiger partial charge >= 0.3 is 6.18 Å². The first kappa shape index (κ1) is 15.5. The lowest BCUT2D eigenvalue weighted by molar-refractivity contribution is -0.155. The molecule has 96 valence electrons. The van der Waals surface area contributed by atoms with Crippen LogP contribution in [0.25, 0.3) is 0 Å². The number of carbonyl (C=O) groups excluding carboxylic acids is 1. The highest BCUT2D eigenvalue weighted by atomic mass is 35.5. The van der Waals surface area contributed by atoms with Crippen LogP contribution in [0.15, 0.2) is 0 Å². The normalized spacial score (nSPS) is 19.6. The van der Waals surface area contributed by atoms with Crippen molar-refractivity contribution in [3.8, 4) is 0 Å². The number of amides is 1. The van der Waals surface area contributed by atoms with Gasteiger partial charge in [-0.1, -0.05) is 0 Å². The molecule has 0 saturated heterocycles. The van der Waals surface area contributed by atoms with Gasteiger partial charge in [0.15, 0.2) is 0 Å². The Labute approximate surface area is 98.4 Å². The summed E-state index contributed by atoms with van der Waals surface area (Å²) >= 11 is 0. The zero-order chi connectivity index (χ0) is 11.7. The van der Waals surface area contributed by atoms with Gasteiger partial charge in [0, 0.05) is 6.54 Å². The second kappa shape index (κ2) is 5.23. The van der Waals surface area contributed by atoms with Gasteiger partial charge in [-0.25, -0.2) is 0 Å². The van der Waals surface area contributed by atoms with E-state index in [9.17, 15) is 18.0 Å². The molecule has 16 heavy (non-hydrogen) atoms. The van der Waals surface area contributed by atoms with Crippen molar-refractivity contribution in [2.45, 2.75) is 37.9 Å². The largest absolute Gasteiger partial charge is 0.397 e. The Morgan fingerprint density at radius 2 is 1.94 bits per heavy atom. The maximum Gasteiger partial charge on any atom is 0.397 e. The number of halogens is 4. The van der Waals surface area contributed by atoms with E-state index in [0.29, 0.717) is 0 Å². The maximum absolute atomic E-state index is 11.9. The minimum Gasteiger partial charge on any atom is -0.349 e. The van der Waals surface area contributed by atoms with Crippen LogP contribution < -0.4 is 11.1 Å². The number of hydrogen-bond acceptors (Lipinski definition) is 2. The number of nitrogens with two attached hydrogens (primary N) is 1. The topological polar surface area (TPSA) is 55.1 Å². The molecule has 1 aliphatic rings. The van der Waals surface area contributed by atoms with Crippen molar-refractivity contribution in [1.82, 2.24) is 5.32 Å². The van der Waals surface area contributed by atoms with Crippen LogP contribution in [-0.4, -0.2) is 24.2 Å². The molecule has 0 heterocycles. The summed E-state index contributed by atoms with van der Waals surface area (Å²) in [6, 6.07) is 0. The molecule has 1 fully saturated rings. The highest BCUT2D eigenvalue weighted by Gasteiger charge is 2.43. The van der Waals surface area contributed by atoms with Gasteiger partial charge in [0.1, 0.15) is 6.42 Å². The maximum atomic E-state index is 11.9. The van der Waals surface area contributed by atoms with Gasteiger partial charge < -0.3 is 11.1 Å². The van der Waals surface area contributed by atoms with Crippen molar-refractivity contribution < 1.29 is 18.0 Å². The third-order valence-corrected chi connectivity index (χ3v) is 2.69. The van der Waals surface area contributed by atoms with Crippen LogP contribution in [0.4, 0.5) is 13.2 Å². The predicted octanol–water partition coefficient (Wildman–Crippen LogP) is 1.60. The van der Waals surface area contributed by atoms with E-state index in [-0.39, 0.29) is 24.9 Å². The fraction of sp³-hybridized carbons (Fsp3) is 0.889. The molecule has 0 bridgehead atoms. The molecule has 1 unspecified atom stereocenters. The first-order valence-corrected chi connectivity index (χ1v) is 4.85. The van der Waals surface area contributed by atoms with Crippen LogP contribution in [0.1, 0.15) is 26.2 Å². The molecule has 0 aromatic rings. The third-order valence-electron chi connectivity index (χ3n) is 2.69. The third kappa shape index (κ3) is 4.57. The molecule has 1 saturated carbocycles. The number of nitrogens with one attached hydrogen (secondary N) is 1. The van der Waals surface area contributed by atoms with Gasteiger partial charge in [0.05, 0.1) is 5.54 Å². The molecule has 1 aliphatic carbocycles. The highest BCUT2D eigenvalue weighted by molar-refractivity contribution is 5.85. The average Bonchev–Trinajstić information content (AvgIpc) is 2.81.